The van der Waals surface area contributed by atoms with E-state index in [1.165, 1.54) is 0 Å². The molecule has 4 aromatic rings. The first-order valence-electron chi connectivity index (χ1n) is 8.40. The van der Waals surface area contributed by atoms with Crippen LogP contribution in [0.2, 0.25) is 0 Å². The summed E-state index contributed by atoms with van der Waals surface area (Å²) in [6, 6.07) is 9.85. The summed E-state index contributed by atoms with van der Waals surface area (Å²) in [5.41, 5.74) is 4.26. The van der Waals surface area contributed by atoms with Crippen molar-refractivity contribution in [3.05, 3.63) is 53.6 Å². The lowest BCUT2D eigenvalue weighted by molar-refractivity contribution is 0.827. The molecular formula is C18H18N8. The third-order valence-corrected chi connectivity index (χ3v) is 4.02. The Balaban J connectivity index is 1.72. The molecular weight excluding hydrogens is 328 g/mol. The van der Waals surface area contributed by atoms with Crippen LogP contribution in [0.15, 0.2) is 36.5 Å². The number of aromatic nitrogens is 7. The molecule has 0 aliphatic heterocycles. The molecule has 130 valence electrons. The molecule has 0 spiro atoms. The summed E-state index contributed by atoms with van der Waals surface area (Å²) < 4.78 is 1.71. The molecule has 1 N–H and O–H groups in total. The summed E-state index contributed by atoms with van der Waals surface area (Å²) in [5, 5.41) is 16.1. The number of benzene rings is 1. The van der Waals surface area contributed by atoms with Crippen LogP contribution in [0.1, 0.15) is 24.0 Å². The fourth-order valence-electron chi connectivity index (χ4n) is 2.69. The Morgan fingerprint density at radius 2 is 1.96 bits per heavy atom. The molecule has 26 heavy (non-hydrogen) atoms. The van der Waals surface area contributed by atoms with Gasteiger partial charge in [0.05, 0.1) is 11.4 Å². The SMILES string of the molecule is CCc1nc2nnc(-c3ccnc(Nc4cccc(C)c4)n3)c(C)n2n1. The Morgan fingerprint density at radius 1 is 1.08 bits per heavy atom. The second kappa shape index (κ2) is 6.47. The smallest absolute Gasteiger partial charge is 0.272 e. The van der Waals surface area contributed by atoms with Gasteiger partial charge in [0.1, 0.15) is 5.69 Å². The van der Waals surface area contributed by atoms with Crippen LogP contribution < -0.4 is 5.32 Å². The molecule has 8 nitrogen and oxygen atoms in total. The number of fused-ring (bicyclic) bond motifs is 1. The largest absolute Gasteiger partial charge is 0.324 e. The summed E-state index contributed by atoms with van der Waals surface area (Å²) in [5.74, 6) is 1.74. The van der Waals surface area contributed by atoms with Crippen LogP contribution in [-0.4, -0.2) is 34.8 Å². The maximum atomic E-state index is 4.58. The van der Waals surface area contributed by atoms with E-state index in [9.17, 15) is 0 Å². The van der Waals surface area contributed by atoms with Crippen LogP contribution in [0.25, 0.3) is 17.2 Å². The highest BCUT2D eigenvalue weighted by molar-refractivity contribution is 5.61. The van der Waals surface area contributed by atoms with Crippen molar-refractivity contribution in [2.45, 2.75) is 27.2 Å². The molecule has 0 aliphatic rings. The Kier molecular flexibility index (Phi) is 4.00. The van der Waals surface area contributed by atoms with Crippen molar-refractivity contribution in [2.24, 2.45) is 0 Å². The summed E-state index contributed by atoms with van der Waals surface area (Å²) in [6.45, 7) is 5.98. The van der Waals surface area contributed by atoms with E-state index in [1.807, 2.05) is 51.1 Å². The van der Waals surface area contributed by atoms with Gasteiger partial charge in [-0.3, -0.25) is 0 Å². The van der Waals surface area contributed by atoms with Gasteiger partial charge in [-0.15, -0.1) is 15.3 Å². The van der Waals surface area contributed by atoms with E-state index in [0.717, 1.165) is 29.2 Å². The summed E-state index contributed by atoms with van der Waals surface area (Å²) >= 11 is 0. The standard InChI is InChI=1S/C18H18N8/c1-4-15-22-18-24-23-16(12(3)26(18)25-15)14-8-9-19-17(21-14)20-13-7-5-6-11(2)10-13/h5-10H,4H2,1-3H3,(H,19,20,21). The average Bonchev–Trinajstić information content (AvgIpc) is 3.07. The molecule has 0 saturated carbocycles. The molecule has 0 amide bonds. The maximum absolute atomic E-state index is 4.58. The van der Waals surface area contributed by atoms with Gasteiger partial charge in [-0.2, -0.15) is 9.50 Å². The van der Waals surface area contributed by atoms with E-state index in [0.29, 0.717) is 23.1 Å². The van der Waals surface area contributed by atoms with Gasteiger partial charge in [-0.1, -0.05) is 19.1 Å². The van der Waals surface area contributed by atoms with Gasteiger partial charge in [0.15, 0.2) is 5.82 Å². The molecule has 3 heterocycles. The first kappa shape index (κ1) is 16.1. The van der Waals surface area contributed by atoms with Gasteiger partial charge >= 0.3 is 0 Å². The second-order valence-corrected chi connectivity index (χ2v) is 5.99. The number of anilines is 2. The second-order valence-electron chi connectivity index (χ2n) is 5.99. The van der Waals surface area contributed by atoms with Crippen molar-refractivity contribution in [2.75, 3.05) is 5.32 Å². The van der Waals surface area contributed by atoms with E-state index in [4.69, 9.17) is 0 Å². The van der Waals surface area contributed by atoms with Crippen molar-refractivity contribution in [3.63, 3.8) is 0 Å². The Morgan fingerprint density at radius 3 is 2.77 bits per heavy atom. The van der Waals surface area contributed by atoms with E-state index in [1.54, 1.807) is 10.7 Å². The van der Waals surface area contributed by atoms with Gasteiger partial charge < -0.3 is 5.32 Å². The van der Waals surface area contributed by atoms with Crippen molar-refractivity contribution in [1.82, 2.24) is 34.8 Å². The molecule has 3 aromatic heterocycles. The topological polar surface area (TPSA) is 93.8 Å². The highest BCUT2D eigenvalue weighted by Gasteiger charge is 2.14. The van der Waals surface area contributed by atoms with Crippen LogP contribution in [-0.2, 0) is 6.42 Å². The first-order valence-corrected chi connectivity index (χ1v) is 8.40. The van der Waals surface area contributed by atoms with Gasteiger partial charge in [0, 0.05) is 18.3 Å². The quantitative estimate of drug-likeness (QED) is 0.607. The first-order chi connectivity index (χ1) is 12.6. The highest BCUT2D eigenvalue weighted by Crippen LogP contribution is 2.21. The monoisotopic (exact) mass is 346 g/mol. The summed E-state index contributed by atoms with van der Waals surface area (Å²) in [6.07, 6.45) is 2.45. The third-order valence-electron chi connectivity index (χ3n) is 4.02. The molecule has 0 radical (unpaired) electrons. The van der Waals surface area contributed by atoms with Gasteiger partial charge in [-0.05, 0) is 37.6 Å². The van der Waals surface area contributed by atoms with Gasteiger partial charge in [-0.25, -0.2) is 9.97 Å². The molecule has 0 bridgehead atoms. The summed E-state index contributed by atoms with van der Waals surface area (Å²) in [4.78, 5) is 13.2. The Bertz CT molecular complexity index is 1090. The molecule has 1 aromatic carbocycles. The summed E-state index contributed by atoms with van der Waals surface area (Å²) in [7, 11) is 0. The molecule has 8 heteroatoms. The van der Waals surface area contributed by atoms with Crippen molar-refractivity contribution in [1.29, 1.82) is 0 Å². The number of rotatable bonds is 4. The van der Waals surface area contributed by atoms with Crippen molar-refractivity contribution >= 4 is 17.4 Å². The molecule has 0 saturated heterocycles. The predicted octanol–water partition coefficient (Wildman–Crippen LogP) is 2.90. The lowest BCUT2D eigenvalue weighted by Gasteiger charge is -2.08. The number of hydrogen-bond acceptors (Lipinski definition) is 7. The minimum atomic E-state index is 0.496. The van der Waals surface area contributed by atoms with Crippen LogP contribution in [0.3, 0.4) is 0 Å². The van der Waals surface area contributed by atoms with Crippen LogP contribution in [0, 0.1) is 13.8 Å². The molecule has 0 fully saturated rings. The van der Waals surface area contributed by atoms with E-state index in [2.05, 4.69) is 35.6 Å². The molecule has 4 rings (SSSR count). The maximum Gasteiger partial charge on any atom is 0.272 e. The van der Waals surface area contributed by atoms with Crippen LogP contribution in [0.4, 0.5) is 11.6 Å². The van der Waals surface area contributed by atoms with Crippen molar-refractivity contribution < 1.29 is 0 Å². The third kappa shape index (κ3) is 2.97. The zero-order valence-electron chi connectivity index (χ0n) is 14.8. The number of nitrogens with zero attached hydrogens (tertiary/aromatic N) is 7. The molecule has 0 unspecified atom stereocenters. The van der Waals surface area contributed by atoms with Gasteiger partial charge in [0.2, 0.25) is 5.95 Å². The number of aryl methyl sites for hydroxylation is 3. The lowest BCUT2D eigenvalue weighted by Crippen LogP contribution is -2.05. The van der Waals surface area contributed by atoms with E-state index in [-0.39, 0.29) is 0 Å². The fraction of sp³-hybridized carbons (Fsp3) is 0.222. The fourth-order valence-corrected chi connectivity index (χ4v) is 2.69. The number of nitrogens with one attached hydrogen (secondary N) is 1. The Hall–Kier alpha value is -3.42. The Labute approximate surface area is 150 Å². The number of hydrogen-bond donors (Lipinski definition) is 1. The van der Waals surface area contributed by atoms with Crippen molar-refractivity contribution in [3.8, 4) is 11.4 Å². The average molecular weight is 346 g/mol. The van der Waals surface area contributed by atoms with E-state index >= 15 is 0 Å². The minimum absolute atomic E-state index is 0.496. The van der Waals surface area contributed by atoms with Crippen LogP contribution >= 0.6 is 0 Å². The highest BCUT2D eigenvalue weighted by atomic mass is 15.4. The molecule has 0 atom stereocenters. The lowest BCUT2D eigenvalue weighted by atomic mass is 10.2. The normalized spacial score (nSPS) is 11.0. The predicted molar refractivity (Wildman–Crippen MR) is 98.2 cm³/mol. The zero-order chi connectivity index (χ0) is 18.1. The van der Waals surface area contributed by atoms with Crippen LogP contribution in [0.5, 0.6) is 0 Å². The molecule has 0 aliphatic carbocycles. The van der Waals surface area contributed by atoms with E-state index < -0.39 is 0 Å². The minimum Gasteiger partial charge on any atom is -0.324 e. The zero-order valence-corrected chi connectivity index (χ0v) is 14.8. The van der Waals surface area contributed by atoms with Gasteiger partial charge in [0.25, 0.3) is 5.78 Å².